The molecule has 1 rings (SSSR count). The van der Waals surface area contributed by atoms with E-state index in [9.17, 15) is 17.6 Å². The molecule has 0 atom stereocenters. The zero-order chi connectivity index (χ0) is 9.30. The molecule has 1 aromatic heterocycles. The van der Waals surface area contributed by atoms with Gasteiger partial charge in [-0.15, -0.1) is 0 Å². The molecule has 6 heteroatoms. The monoisotopic (exact) mass is 180 g/mol. The van der Waals surface area contributed by atoms with Crippen LogP contribution in [0.15, 0.2) is 6.07 Å². The molecule has 2 N–H and O–H groups in total. The maximum atomic E-state index is 12.4. The van der Waals surface area contributed by atoms with Crippen LogP contribution in [-0.2, 0) is 0 Å². The second-order valence-electron chi connectivity index (χ2n) is 2.04. The van der Waals surface area contributed by atoms with E-state index in [-0.39, 0.29) is 0 Å². The number of rotatable bonds is 1. The summed E-state index contributed by atoms with van der Waals surface area (Å²) in [4.78, 5) is 2.75. The molecule has 0 saturated heterocycles. The highest BCUT2D eigenvalue weighted by Crippen LogP contribution is 2.23. The van der Waals surface area contributed by atoms with E-state index in [0.717, 1.165) is 0 Å². The van der Waals surface area contributed by atoms with Gasteiger partial charge in [0.05, 0.1) is 5.56 Å². The molecule has 0 aliphatic carbocycles. The summed E-state index contributed by atoms with van der Waals surface area (Å²) >= 11 is 0. The third kappa shape index (κ3) is 1.46. The normalized spacial score (nSPS) is 10.8. The number of alkyl halides is 2. The summed E-state index contributed by atoms with van der Waals surface area (Å²) in [5.74, 6) is -3.31. The predicted molar refractivity (Wildman–Crippen MR) is 33.5 cm³/mol. The van der Waals surface area contributed by atoms with Gasteiger partial charge >= 0.3 is 0 Å². The van der Waals surface area contributed by atoms with Gasteiger partial charge in [-0.2, -0.15) is 9.37 Å². The molecule has 0 spiro atoms. The van der Waals surface area contributed by atoms with Crippen LogP contribution in [0.5, 0.6) is 0 Å². The molecule has 0 aliphatic heterocycles. The van der Waals surface area contributed by atoms with Crippen molar-refractivity contribution in [1.29, 1.82) is 0 Å². The van der Waals surface area contributed by atoms with Gasteiger partial charge in [0, 0.05) is 0 Å². The second kappa shape index (κ2) is 2.96. The minimum Gasteiger partial charge on any atom is -0.381 e. The van der Waals surface area contributed by atoms with Crippen LogP contribution in [-0.4, -0.2) is 4.98 Å². The minimum absolute atomic E-state index is 0.336. The van der Waals surface area contributed by atoms with Crippen molar-refractivity contribution < 1.29 is 17.6 Å². The van der Waals surface area contributed by atoms with Gasteiger partial charge in [-0.05, 0) is 6.07 Å². The lowest BCUT2D eigenvalue weighted by atomic mass is 10.3. The number of aromatic nitrogens is 1. The molecule has 0 fully saturated rings. The zero-order valence-corrected chi connectivity index (χ0v) is 5.69. The van der Waals surface area contributed by atoms with Crippen molar-refractivity contribution in [3.8, 4) is 0 Å². The smallest absolute Gasteiger partial charge is 0.268 e. The Labute approximate surface area is 65.0 Å². The fourth-order valence-electron chi connectivity index (χ4n) is 0.647. The van der Waals surface area contributed by atoms with Gasteiger partial charge in [-0.3, -0.25) is 0 Å². The highest BCUT2D eigenvalue weighted by molar-refractivity contribution is 5.32. The maximum Gasteiger partial charge on any atom is 0.268 e. The summed E-state index contributed by atoms with van der Waals surface area (Å²) in [7, 11) is 0. The van der Waals surface area contributed by atoms with Crippen molar-refractivity contribution >= 4 is 5.82 Å². The minimum atomic E-state index is -3.09. The van der Waals surface area contributed by atoms with Gasteiger partial charge in [0.25, 0.3) is 6.43 Å². The van der Waals surface area contributed by atoms with Crippen LogP contribution in [0.1, 0.15) is 12.0 Å². The number of nitrogen functional groups attached to an aromatic ring is 1. The van der Waals surface area contributed by atoms with Gasteiger partial charge in [0.15, 0.2) is 11.6 Å². The van der Waals surface area contributed by atoms with Crippen LogP contribution >= 0.6 is 0 Å². The quantitative estimate of drug-likeness (QED) is 0.529. The third-order valence-corrected chi connectivity index (χ3v) is 1.22. The summed E-state index contributed by atoms with van der Waals surface area (Å²) in [6.07, 6.45) is -3.09. The van der Waals surface area contributed by atoms with Gasteiger partial charge in [-0.25, -0.2) is 13.2 Å². The molecular formula is C6H4F4N2. The Morgan fingerprint density at radius 3 is 2.42 bits per heavy atom. The van der Waals surface area contributed by atoms with E-state index in [1.165, 1.54) is 0 Å². The molecule has 2 nitrogen and oxygen atoms in total. The van der Waals surface area contributed by atoms with Crippen LogP contribution in [0, 0.1) is 11.8 Å². The van der Waals surface area contributed by atoms with E-state index in [0.29, 0.717) is 6.07 Å². The number of nitrogens with zero attached hydrogens (tertiary/aromatic N) is 1. The van der Waals surface area contributed by atoms with Crippen molar-refractivity contribution in [2.45, 2.75) is 6.43 Å². The lowest BCUT2D eigenvalue weighted by Gasteiger charge is -2.01. The van der Waals surface area contributed by atoms with Crippen LogP contribution in [0.25, 0.3) is 0 Å². The van der Waals surface area contributed by atoms with Gasteiger partial charge < -0.3 is 5.73 Å². The highest BCUT2D eigenvalue weighted by atomic mass is 19.3. The Bertz CT molecular complexity index is 300. The number of hydrogen-bond acceptors (Lipinski definition) is 2. The van der Waals surface area contributed by atoms with E-state index in [1.54, 1.807) is 0 Å². The second-order valence-corrected chi connectivity index (χ2v) is 2.04. The van der Waals surface area contributed by atoms with E-state index < -0.39 is 29.6 Å². The topological polar surface area (TPSA) is 38.9 Å². The third-order valence-electron chi connectivity index (χ3n) is 1.22. The standard InChI is InChI=1S/C6H4F4N2/c7-3-1-2(4(8)9)5(10)12-6(3)11/h1,4H,(H2,11,12). The van der Waals surface area contributed by atoms with Crippen molar-refractivity contribution in [2.24, 2.45) is 0 Å². The predicted octanol–water partition coefficient (Wildman–Crippen LogP) is 1.88. The van der Waals surface area contributed by atoms with Gasteiger partial charge in [-0.1, -0.05) is 0 Å². The Kier molecular flexibility index (Phi) is 2.16. The Hall–Kier alpha value is -1.33. The molecule has 0 radical (unpaired) electrons. The number of hydrogen-bond donors (Lipinski definition) is 1. The Morgan fingerprint density at radius 1 is 1.33 bits per heavy atom. The molecule has 1 aromatic rings. The Morgan fingerprint density at radius 2 is 1.92 bits per heavy atom. The average molecular weight is 180 g/mol. The van der Waals surface area contributed by atoms with E-state index in [2.05, 4.69) is 4.98 Å². The zero-order valence-electron chi connectivity index (χ0n) is 5.69. The fourth-order valence-corrected chi connectivity index (χ4v) is 0.647. The molecule has 0 unspecified atom stereocenters. The van der Waals surface area contributed by atoms with Crippen molar-refractivity contribution in [3.63, 3.8) is 0 Å². The molecular weight excluding hydrogens is 176 g/mol. The lowest BCUT2D eigenvalue weighted by Crippen LogP contribution is -2.02. The molecule has 0 aromatic carbocycles. The summed E-state index contributed by atoms with van der Waals surface area (Å²) in [5, 5.41) is 0. The summed E-state index contributed by atoms with van der Waals surface area (Å²) < 4.78 is 48.6. The molecule has 0 aliphatic rings. The van der Waals surface area contributed by atoms with Crippen LogP contribution in [0.3, 0.4) is 0 Å². The first-order chi connectivity index (χ1) is 5.52. The molecule has 0 amide bonds. The largest absolute Gasteiger partial charge is 0.381 e. The van der Waals surface area contributed by atoms with E-state index in [4.69, 9.17) is 5.73 Å². The molecule has 12 heavy (non-hydrogen) atoms. The van der Waals surface area contributed by atoms with Crippen molar-refractivity contribution in [3.05, 3.63) is 23.4 Å². The lowest BCUT2D eigenvalue weighted by molar-refractivity contribution is 0.144. The first kappa shape index (κ1) is 8.76. The summed E-state index contributed by atoms with van der Waals surface area (Å²) in [6.45, 7) is 0. The van der Waals surface area contributed by atoms with E-state index in [1.807, 2.05) is 0 Å². The highest BCUT2D eigenvalue weighted by Gasteiger charge is 2.17. The first-order valence-electron chi connectivity index (χ1n) is 2.92. The molecule has 66 valence electrons. The fraction of sp³-hybridized carbons (Fsp3) is 0.167. The number of pyridine rings is 1. The van der Waals surface area contributed by atoms with Gasteiger partial charge in [0.1, 0.15) is 0 Å². The average Bonchev–Trinajstić information content (AvgIpc) is 1.96. The molecule has 0 bridgehead atoms. The number of anilines is 1. The maximum absolute atomic E-state index is 12.4. The van der Waals surface area contributed by atoms with E-state index >= 15 is 0 Å². The summed E-state index contributed by atoms with van der Waals surface area (Å²) in [6, 6.07) is 0.336. The van der Waals surface area contributed by atoms with Crippen LogP contribution in [0.2, 0.25) is 0 Å². The number of halogens is 4. The van der Waals surface area contributed by atoms with Gasteiger partial charge in [0.2, 0.25) is 5.95 Å². The van der Waals surface area contributed by atoms with Crippen LogP contribution in [0.4, 0.5) is 23.4 Å². The van der Waals surface area contributed by atoms with Crippen molar-refractivity contribution in [1.82, 2.24) is 4.98 Å². The molecule has 1 heterocycles. The summed E-state index contributed by atoms with van der Waals surface area (Å²) in [5.41, 5.74) is 3.74. The SMILES string of the molecule is Nc1nc(F)c(C(F)F)cc1F. The number of nitrogens with two attached hydrogens (primary N) is 1. The molecule has 0 saturated carbocycles. The van der Waals surface area contributed by atoms with Crippen LogP contribution < -0.4 is 5.73 Å². The first-order valence-corrected chi connectivity index (χ1v) is 2.92. The Balaban J connectivity index is 3.23. The van der Waals surface area contributed by atoms with Crippen molar-refractivity contribution in [2.75, 3.05) is 5.73 Å².